The first-order valence-corrected chi connectivity index (χ1v) is 28.2. The van der Waals surface area contributed by atoms with Crippen molar-refractivity contribution < 1.29 is 28.4 Å². The first-order chi connectivity index (χ1) is 24.4. The Morgan fingerprint density at radius 3 is 0.481 bits per heavy atom. The summed E-state index contributed by atoms with van der Waals surface area (Å²) >= 11 is 0. The van der Waals surface area contributed by atoms with Gasteiger partial charge in [0.05, 0.1) is 0 Å². The standard InChI is InChI=1S/3C14H31O2P.Al/c3*1-3-5-7-9-11-13-17(15,16)14-12-10-8-6-4-2;/h3*3-14H2,1-2H3,(H,15,16);/q;;;+3/p-3. The molecule has 0 unspecified atom stereocenters. The van der Waals surface area contributed by atoms with E-state index in [-0.39, 0.29) is 17.4 Å². The smallest absolute Gasteiger partial charge is 0.799 e. The van der Waals surface area contributed by atoms with Crippen LogP contribution < -0.4 is 14.7 Å². The Balaban J connectivity index is -0.000000329. The minimum Gasteiger partial charge on any atom is -0.799 e. The summed E-state index contributed by atoms with van der Waals surface area (Å²) in [5, 5.41) is 0. The van der Waals surface area contributed by atoms with Gasteiger partial charge in [-0.05, 0) is 75.5 Å². The van der Waals surface area contributed by atoms with Crippen LogP contribution in [0.1, 0.15) is 234 Å². The molecule has 0 aliphatic rings. The average molecular weight is 811 g/mol. The van der Waals surface area contributed by atoms with Crippen molar-refractivity contribution in [3.05, 3.63) is 0 Å². The Morgan fingerprint density at radius 1 is 0.250 bits per heavy atom. The molecule has 0 aromatic carbocycles. The fraction of sp³-hybridized carbons (Fsp3) is 1.00. The molecule has 0 aromatic rings. The monoisotopic (exact) mass is 811 g/mol. The molecule has 0 spiro atoms. The van der Waals surface area contributed by atoms with Crippen LogP contribution in [0.15, 0.2) is 0 Å². The van der Waals surface area contributed by atoms with Gasteiger partial charge in [0.1, 0.15) is 0 Å². The van der Waals surface area contributed by atoms with Gasteiger partial charge >= 0.3 is 17.4 Å². The van der Waals surface area contributed by atoms with Crippen molar-refractivity contribution >= 4 is 39.5 Å². The van der Waals surface area contributed by atoms with Crippen molar-refractivity contribution in [2.45, 2.75) is 234 Å². The molecule has 0 aliphatic heterocycles. The molecule has 0 fully saturated rings. The maximum atomic E-state index is 11.7. The summed E-state index contributed by atoms with van der Waals surface area (Å²) in [5.74, 6) is 0. The number of hydrogen-bond acceptors (Lipinski definition) is 6. The van der Waals surface area contributed by atoms with Gasteiger partial charge in [0.15, 0.2) is 0 Å². The molecule has 52 heavy (non-hydrogen) atoms. The molecule has 0 aromatic heterocycles. The third kappa shape index (κ3) is 53.2. The summed E-state index contributed by atoms with van der Waals surface area (Å²) in [6.45, 7) is 13.1. The molecular formula is C42H90AlO6P3. The summed E-state index contributed by atoms with van der Waals surface area (Å²) in [6.07, 6.45) is 36.1. The average Bonchev–Trinajstić information content (AvgIpc) is 3.08. The van der Waals surface area contributed by atoms with Gasteiger partial charge in [0, 0.05) is 22.1 Å². The summed E-state index contributed by atoms with van der Waals surface area (Å²) in [7, 11) is -9.12. The van der Waals surface area contributed by atoms with Crippen molar-refractivity contribution in [2.24, 2.45) is 0 Å². The maximum Gasteiger partial charge on any atom is 3.00 e. The molecule has 0 amide bonds. The first kappa shape index (κ1) is 59.8. The molecule has 0 saturated carbocycles. The molecule has 0 atom stereocenters. The molecule has 10 heteroatoms. The molecule has 6 nitrogen and oxygen atoms in total. The normalized spacial score (nSPS) is 11.7. The van der Waals surface area contributed by atoms with Crippen molar-refractivity contribution in [1.82, 2.24) is 0 Å². The van der Waals surface area contributed by atoms with Crippen molar-refractivity contribution in [3.63, 3.8) is 0 Å². The second kappa shape index (κ2) is 44.8. The third-order valence-corrected chi connectivity index (χ3v) is 15.6. The van der Waals surface area contributed by atoms with Gasteiger partial charge in [0.2, 0.25) is 0 Å². The van der Waals surface area contributed by atoms with Crippen LogP contribution in [0.3, 0.4) is 0 Å². The topological polar surface area (TPSA) is 120 Å². The van der Waals surface area contributed by atoms with Gasteiger partial charge in [-0.1, -0.05) is 196 Å². The predicted molar refractivity (Wildman–Crippen MR) is 230 cm³/mol. The number of hydrogen-bond donors (Lipinski definition) is 0. The maximum absolute atomic E-state index is 11.7. The minimum atomic E-state index is -3.04. The van der Waals surface area contributed by atoms with Crippen LogP contribution in [0.2, 0.25) is 0 Å². The number of unbranched alkanes of at least 4 members (excludes halogenated alkanes) is 24. The predicted octanol–water partition coefficient (Wildman–Crippen LogP) is 13.3. The van der Waals surface area contributed by atoms with E-state index in [4.69, 9.17) is 0 Å². The van der Waals surface area contributed by atoms with Gasteiger partial charge in [-0.15, -0.1) is 0 Å². The van der Waals surface area contributed by atoms with Crippen molar-refractivity contribution in [1.29, 1.82) is 0 Å². The van der Waals surface area contributed by atoms with E-state index in [1.807, 2.05) is 0 Å². The Morgan fingerprint density at radius 2 is 0.365 bits per heavy atom. The van der Waals surface area contributed by atoms with Crippen LogP contribution in [0.4, 0.5) is 0 Å². The van der Waals surface area contributed by atoms with Crippen LogP contribution in [0, 0.1) is 0 Å². The molecule has 0 aliphatic carbocycles. The van der Waals surface area contributed by atoms with Crippen LogP contribution >= 0.6 is 22.1 Å². The van der Waals surface area contributed by atoms with Gasteiger partial charge in [-0.2, -0.15) is 0 Å². The second-order valence-electron chi connectivity index (χ2n) is 15.3. The Hall–Kier alpha value is 1.10. The fourth-order valence-electron chi connectivity index (χ4n) is 6.07. The van der Waals surface area contributed by atoms with Crippen LogP contribution in [0.25, 0.3) is 0 Å². The van der Waals surface area contributed by atoms with E-state index in [2.05, 4.69) is 41.5 Å². The second-order valence-corrected chi connectivity index (χ2v) is 22.8. The van der Waals surface area contributed by atoms with E-state index in [9.17, 15) is 28.4 Å². The molecule has 0 saturated heterocycles. The van der Waals surface area contributed by atoms with E-state index in [0.29, 0.717) is 37.0 Å². The van der Waals surface area contributed by atoms with Gasteiger partial charge in [0.25, 0.3) is 0 Å². The van der Waals surface area contributed by atoms with E-state index < -0.39 is 22.1 Å². The quantitative estimate of drug-likeness (QED) is 0.0353. The summed E-state index contributed by atoms with van der Waals surface area (Å²) in [4.78, 5) is 35.2. The summed E-state index contributed by atoms with van der Waals surface area (Å²) in [5.41, 5.74) is 0. The fourth-order valence-corrected chi connectivity index (χ4v) is 11.0. The molecule has 0 bridgehead atoms. The van der Waals surface area contributed by atoms with Crippen LogP contribution in [-0.4, -0.2) is 54.3 Å². The molecule has 312 valence electrons. The van der Waals surface area contributed by atoms with Crippen molar-refractivity contribution in [3.8, 4) is 0 Å². The first-order valence-electron chi connectivity index (χ1n) is 22.2. The van der Waals surface area contributed by atoms with Crippen LogP contribution in [0.5, 0.6) is 0 Å². The SMILES string of the molecule is CCCCCCCP(=O)([O-])CCCCCCC.CCCCCCCP(=O)([O-])CCCCCCC.CCCCCCCP(=O)([O-])CCCCCCC.[Al+3]. The number of rotatable bonds is 36. The molecule has 0 N–H and O–H groups in total. The van der Waals surface area contributed by atoms with Gasteiger partial charge in [-0.3, -0.25) is 0 Å². The van der Waals surface area contributed by atoms with Gasteiger partial charge in [-0.25, -0.2) is 0 Å². The van der Waals surface area contributed by atoms with Crippen LogP contribution in [-0.2, 0) is 13.7 Å². The molecule has 0 rings (SSSR count). The molecular weight excluding hydrogens is 720 g/mol. The molecule has 0 radical (unpaired) electrons. The zero-order valence-corrected chi connectivity index (χ0v) is 39.7. The van der Waals surface area contributed by atoms with E-state index in [1.54, 1.807) is 0 Å². The minimum absolute atomic E-state index is 0. The third-order valence-electron chi connectivity index (χ3n) is 9.61. The zero-order valence-electron chi connectivity index (χ0n) is 35.8. The van der Waals surface area contributed by atoms with E-state index in [1.165, 1.54) is 116 Å². The van der Waals surface area contributed by atoms with Crippen molar-refractivity contribution in [2.75, 3.05) is 37.0 Å². The Kier molecular flexibility index (Phi) is 51.5. The molecule has 0 heterocycles. The largest absolute Gasteiger partial charge is 3.00 e. The Bertz CT molecular complexity index is 671. The summed E-state index contributed by atoms with van der Waals surface area (Å²) in [6, 6.07) is 0. The van der Waals surface area contributed by atoms with E-state index >= 15 is 0 Å². The summed E-state index contributed by atoms with van der Waals surface area (Å²) < 4.78 is 35.2. The van der Waals surface area contributed by atoms with Gasteiger partial charge < -0.3 is 28.4 Å². The Labute approximate surface area is 337 Å². The zero-order chi connectivity index (χ0) is 39.0. The van der Waals surface area contributed by atoms with E-state index in [0.717, 1.165) is 77.0 Å².